The number of fused-ring (bicyclic) bond motifs is 2. The number of aromatic nitrogens is 3. The average Bonchev–Trinajstić information content (AvgIpc) is 3.05. The Balaban J connectivity index is 1.52. The van der Waals surface area contributed by atoms with Crippen molar-refractivity contribution in [2.24, 2.45) is 0 Å². The van der Waals surface area contributed by atoms with Gasteiger partial charge in [0.15, 0.2) is 5.65 Å². The van der Waals surface area contributed by atoms with Crippen LogP contribution >= 0.6 is 0 Å². The molecule has 0 saturated carbocycles. The molecule has 2 aromatic heterocycles. The molecule has 0 spiro atoms. The lowest BCUT2D eigenvalue weighted by Crippen LogP contribution is -2.23. The highest BCUT2D eigenvalue weighted by Gasteiger charge is 2.23. The van der Waals surface area contributed by atoms with Crippen molar-refractivity contribution in [2.75, 3.05) is 11.9 Å². The van der Waals surface area contributed by atoms with Gasteiger partial charge in [-0.05, 0) is 23.6 Å². The molecule has 3 heterocycles. The maximum Gasteiger partial charge on any atom is 0.228 e. The third-order valence-corrected chi connectivity index (χ3v) is 4.02. The highest BCUT2D eigenvalue weighted by Crippen LogP contribution is 2.29. The van der Waals surface area contributed by atoms with Gasteiger partial charge in [0.05, 0.1) is 25.3 Å². The van der Waals surface area contributed by atoms with E-state index in [-0.39, 0.29) is 18.4 Å². The molecule has 1 aliphatic heterocycles. The Morgan fingerprint density at radius 3 is 3.13 bits per heavy atom. The van der Waals surface area contributed by atoms with Crippen LogP contribution in [-0.4, -0.2) is 27.1 Å². The van der Waals surface area contributed by atoms with E-state index in [0.29, 0.717) is 18.1 Å². The van der Waals surface area contributed by atoms with Crippen molar-refractivity contribution in [1.29, 1.82) is 0 Å². The minimum atomic E-state index is -0.199. The van der Waals surface area contributed by atoms with E-state index in [1.807, 2.05) is 18.2 Å². The summed E-state index contributed by atoms with van der Waals surface area (Å²) < 4.78 is 7.39. The number of ether oxygens (including phenoxy) is 1. The SMILES string of the molecule is O=C(CC1OCCc2ccccc21)Nc1ccnc2ccnn12. The quantitative estimate of drug-likeness (QED) is 0.806. The zero-order valence-electron chi connectivity index (χ0n) is 12.5. The number of benzene rings is 1. The molecule has 6 nitrogen and oxygen atoms in total. The standard InChI is InChI=1S/C17H16N4O2/c22-17(20-16-5-8-18-15-6-9-19-21(15)16)11-14-13-4-2-1-3-12(13)7-10-23-14/h1-6,8-9,14H,7,10-11H2,(H,20,22). The first-order chi connectivity index (χ1) is 11.3. The average molecular weight is 308 g/mol. The molecule has 1 amide bonds. The van der Waals surface area contributed by atoms with E-state index in [2.05, 4.69) is 21.5 Å². The van der Waals surface area contributed by atoms with Crippen LogP contribution in [0.25, 0.3) is 5.65 Å². The number of rotatable bonds is 3. The summed E-state index contributed by atoms with van der Waals surface area (Å²) in [5.74, 6) is 0.504. The topological polar surface area (TPSA) is 68.5 Å². The lowest BCUT2D eigenvalue weighted by molar-refractivity contribution is -0.119. The Hall–Kier alpha value is -2.73. The van der Waals surface area contributed by atoms with Crippen molar-refractivity contribution < 1.29 is 9.53 Å². The highest BCUT2D eigenvalue weighted by atomic mass is 16.5. The number of hydrogen-bond donors (Lipinski definition) is 1. The molecule has 1 aromatic carbocycles. The van der Waals surface area contributed by atoms with Crippen LogP contribution in [0.5, 0.6) is 0 Å². The number of nitrogens with one attached hydrogen (secondary N) is 1. The second-order valence-electron chi connectivity index (χ2n) is 5.49. The summed E-state index contributed by atoms with van der Waals surface area (Å²) in [5.41, 5.74) is 3.06. The molecule has 6 heteroatoms. The predicted octanol–water partition coefficient (Wildman–Crippen LogP) is 2.37. The maximum absolute atomic E-state index is 12.4. The third-order valence-electron chi connectivity index (χ3n) is 4.02. The van der Waals surface area contributed by atoms with Crippen molar-refractivity contribution in [3.05, 3.63) is 59.9 Å². The second kappa shape index (κ2) is 5.81. The molecule has 116 valence electrons. The number of anilines is 1. The zero-order chi connectivity index (χ0) is 15.6. The van der Waals surface area contributed by atoms with Gasteiger partial charge in [-0.15, -0.1) is 0 Å². The first-order valence-electron chi connectivity index (χ1n) is 7.59. The molecule has 4 rings (SSSR count). The van der Waals surface area contributed by atoms with Gasteiger partial charge in [-0.1, -0.05) is 24.3 Å². The molecule has 1 unspecified atom stereocenters. The van der Waals surface area contributed by atoms with Gasteiger partial charge >= 0.3 is 0 Å². The Morgan fingerprint density at radius 1 is 1.26 bits per heavy atom. The van der Waals surface area contributed by atoms with Gasteiger partial charge in [-0.25, -0.2) is 4.98 Å². The summed E-state index contributed by atoms with van der Waals surface area (Å²) in [5, 5.41) is 7.05. The van der Waals surface area contributed by atoms with E-state index in [1.54, 1.807) is 29.0 Å². The lowest BCUT2D eigenvalue weighted by Gasteiger charge is -2.25. The molecule has 0 bridgehead atoms. The van der Waals surface area contributed by atoms with Crippen LogP contribution in [0.15, 0.2) is 48.8 Å². The summed E-state index contributed by atoms with van der Waals surface area (Å²) in [6.07, 6.45) is 4.28. The van der Waals surface area contributed by atoms with Crippen molar-refractivity contribution in [2.45, 2.75) is 18.9 Å². The van der Waals surface area contributed by atoms with E-state index in [1.165, 1.54) is 5.56 Å². The van der Waals surface area contributed by atoms with Crippen LogP contribution in [0.4, 0.5) is 5.82 Å². The van der Waals surface area contributed by atoms with Gasteiger partial charge < -0.3 is 10.1 Å². The Kier molecular flexibility index (Phi) is 3.51. The molecule has 0 radical (unpaired) electrons. The molecule has 23 heavy (non-hydrogen) atoms. The molecule has 1 aliphatic rings. The van der Waals surface area contributed by atoms with Crippen molar-refractivity contribution in [1.82, 2.24) is 14.6 Å². The summed E-state index contributed by atoms with van der Waals surface area (Å²) in [4.78, 5) is 16.6. The third kappa shape index (κ3) is 2.68. The molecule has 0 saturated heterocycles. The molecule has 0 aliphatic carbocycles. The fourth-order valence-corrected chi connectivity index (χ4v) is 2.94. The highest BCUT2D eigenvalue weighted by molar-refractivity contribution is 5.90. The number of hydrogen-bond acceptors (Lipinski definition) is 4. The van der Waals surface area contributed by atoms with Gasteiger partial charge in [0.25, 0.3) is 0 Å². The number of carbonyl (C=O) groups excluding carboxylic acids is 1. The van der Waals surface area contributed by atoms with Gasteiger partial charge in [0.2, 0.25) is 5.91 Å². The van der Waals surface area contributed by atoms with Crippen LogP contribution < -0.4 is 5.32 Å². The van der Waals surface area contributed by atoms with Crippen molar-refractivity contribution in [3.63, 3.8) is 0 Å². The molecular weight excluding hydrogens is 292 g/mol. The Morgan fingerprint density at radius 2 is 2.17 bits per heavy atom. The summed E-state index contributed by atoms with van der Waals surface area (Å²) in [7, 11) is 0. The molecule has 1 atom stereocenters. The van der Waals surface area contributed by atoms with Crippen LogP contribution in [0.2, 0.25) is 0 Å². The van der Waals surface area contributed by atoms with Gasteiger partial charge in [0, 0.05) is 12.3 Å². The summed E-state index contributed by atoms with van der Waals surface area (Å²) in [6, 6.07) is 11.6. The Bertz CT molecular complexity index is 858. The molecule has 0 fully saturated rings. The minimum absolute atomic E-state index is 0.102. The monoisotopic (exact) mass is 308 g/mol. The van der Waals surface area contributed by atoms with E-state index >= 15 is 0 Å². The van der Waals surface area contributed by atoms with Gasteiger partial charge in [-0.2, -0.15) is 9.61 Å². The lowest BCUT2D eigenvalue weighted by atomic mass is 9.96. The Labute approximate surface area is 133 Å². The van der Waals surface area contributed by atoms with Crippen LogP contribution in [0.1, 0.15) is 23.7 Å². The van der Waals surface area contributed by atoms with Crippen molar-refractivity contribution >= 4 is 17.4 Å². The summed E-state index contributed by atoms with van der Waals surface area (Å²) >= 11 is 0. The number of nitrogens with zero attached hydrogens (tertiary/aromatic N) is 3. The van der Waals surface area contributed by atoms with Gasteiger partial charge in [0.1, 0.15) is 5.82 Å². The van der Waals surface area contributed by atoms with Crippen molar-refractivity contribution in [3.8, 4) is 0 Å². The van der Waals surface area contributed by atoms with E-state index < -0.39 is 0 Å². The maximum atomic E-state index is 12.4. The fraction of sp³-hybridized carbons (Fsp3) is 0.235. The van der Waals surface area contributed by atoms with E-state index in [9.17, 15) is 4.79 Å². The summed E-state index contributed by atoms with van der Waals surface area (Å²) in [6.45, 7) is 0.646. The fourth-order valence-electron chi connectivity index (χ4n) is 2.94. The zero-order valence-corrected chi connectivity index (χ0v) is 12.5. The van der Waals surface area contributed by atoms with Crippen LogP contribution in [0.3, 0.4) is 0 Å². The predicted molar refractivity (Wildman–Crippen MR) is 85.1 cm³/mol. The largest absolute Gasteiger partial charge is 0.373 e. The smallest absolute Gasteiger partial charge is 0.228 e. The number of amides is 1. The molecule has 3 aromatic rings. The van der Waals surface area contributed by atoms with E-state index in [0.717, 1.165) is 12.0 Å². The van der Waals surface area contributed by atoms with Crippen LogP contribution in [0, 0.1) is 0 Å². The van der Waals surface area contributed by atoms with E-state index in [4.69, 9.17) is 4.74 Å². The minimum Gasteiger partial charge on any atom is -0.373 e. The normalized spacial score (nSPS) is 17.0. The molecule has 1 N–H and O–H groups in total. The van der Waals surface area contributed by atoms with Crippen LogP contribution in [-0.2, 0) is 16.0 Å². The first-order valence-corrected chi connectivity index (χ1v) is 7.59. The second-order valence-corrected chi connectivity index (χ2v) is 5.49. The van der Waals surface area contributed by atoms with Gasteiger partial charge in [-0.3, -0.25) is 4.79 Å². The first kappa shape index (κ1) is 13.9. The molecular formula is C17H16N4O2. The number of carbonyl (C=O) groups is 1.